The maximum Gasteiger partial charge on any atom is 0.336 e. The molecule has 2 heterocycles. The van der Waals surface area contributed by atoms with E-state index in [4.69, 9.17) is 5.11 Å². The molecule has 2 N–H and O–H groups in total. The summed E-state index contributed by atoms with van der Waals surface area (Å²) in [6.07, 6.45) is 1.89. The Morgan fingerprint density at radius 2 is 2.29 bits per heavy atom. The highest BCUT2D eigenvalue weighted by atomic mass is 16.4. The molecule has 0 aliphatic carbocycles. The Hall–Kier alpha value is -1.89. The van der Waals surface area contributed by atoms with Crippen molar-refractivity contribution in [2.45, 2.75) is 11.6 Å². The van der Waals surface area contributed by atoms with Gasteiger partial charge in [-0.05, 0) is 0 Å². The summed E-state index contributed by atoms with van der Waals surface area (Å²) in [5, 5.41) is 18.1. The van der Waals surface area contributed by atoms with Crippen LogP contribution in [0.1, 0.15) is 0 Å². The fourth-order valence-corrected chi connectivity index (χ4v) is 1.25. The van der Waals surface area contributed by atoms with E-state index in [-0.39, 0.29) is 5.84 Å². The van der Waals surface area contributed by atoms with Crippen LogP contribution in [0.2, 0.25) is 0 Å². The molecular formula is C7H6N4O3. The number of amidine groups is 1. The van der Waals surface area contributed by atoms with E-state index in [1.54, 1.807) is 0 Å². The molecule has 72 valence electrons. The van der Waals surface area contributed by atoms with E-state index in [1.807, 2.05) is 0 Å². The highest BCUT2D eigenvalue weighted by Gasteiger charge is 2.48. The van der Waals surface area contributed by atoms with Crippen LogP contribution < -0.4 is 0 Å². The largest absolute Gasteiger partial charge is 0.479 e. The van der Waals surface area contributed by atoms with E-state index in [1.165, 1.54) is 12.6 Å². The van der Waals surface area contributed by atoms with Crippen molar-refractivity contribution in [1.82, 2.24) is 0 Å². The number of aliphatic carboxylic acids is 1. The van der Waals surface area contributed by atoms with Crippen molar-refractivity contribution in [2.75, 3.05) is 0 Å². The average Bonchev–Trinajstić information content (AvgIpc) is 2.60. The van der Waals surface area contributed by atoms with Crippen molar-refractivity contribution in [3.8, 4) is 0 Å². The van der Waals surface area contributed by atoms with Crippen LogP contribution in [-0.4, -0.2) is 52.6 Å². The minimum Gasteiger partial charge on any atom is -0.479 e. The number of aliphatic imine (C=N–C) groups is 4. The molecule has 14 heavy (non-hydrogen) atoms. The summed E-state index contributed by atoms with van der Waals surface area (Å²) >= 11 is 0. The van der Waals surface area contributed by atoms with Crippen LogP contribution >= 0.6 is 0 Å². The first-order valence-corrected chi connectivity index (χ1v) is 3.76. The van der Waals surface area contributed by atoms with Gasteiger partial charge in [0.1, 0.15) is 12.7 Å². The zero-order chi connectivity index (χ0) is 10.2. The maximum atomic E-state index is 10.6. The van der Waals surface area contributed by atoms with Gasteiger partial charge < -0.3 is 10.2 Å². The average molecular weight is 194 g/mol. The van der Waals surface area contributed by atoms with Crippen LogP contribution in [0.25, 0.3) is 0 Å². The number of carbonyl (C=O) groups is 1. The van der Waals surface area contributed by atoms with Gasteiger partial charge in [0.15, 0.2) is 17.5 Å². The normalized spacial score (nSPS) is 29.9. The van der Waals surface area contributed by atoms with Crippen molar-refractivity contribution in [2.24, 2.45) is 20.0 Å². The molecule has 0 spiro atoms. The van der Waals surface area contributed by atoms with E-state index in [0.717, 1.165) is 6.34 Å². The van der Waals surface area contributed by atoms with Crippen LogP contribution in [0.3, 0.4) is 0 Å². The number of aliphatic hydroxyl groups excluding tert-OH is 1. The van der Waals surface area contributed by atoms with Crippen molar-refractivity contribution < 1.29 is 15.0 Å². The van der Waals surface area contributed by atoms with Crippen LogP contribution in [0.5, 0.6) is 0 Å². The third-order valence-corrected chi connectivity index (χ3v) is 1.98. The molecule has 0 saturated heterocycles. The summed E-state index contributed by atoms with van der Waals surface area (Å²) in [6.45, 7) is 0. The topological polar surface area (TPSA) is 107 Å². The van der Waals surface area contributed by atoms with Gasteiger partial charge in [-0.15, -0.1) is 0 Å². The number of rotatable bonds is 2. The molecular weight excluding hydrogens is 188 g/mol. The minimum atomic E-state index is -1.72. The van der Waals surface area contributed by atoms with E-state index < -0.39 is 17.6 Å². The third kappa shape index (κ3) is 0.990. The van der Waals surface area contributed by atoms with Gasteiger partial charge in [-0.1, -0.05) is 0 Å². The van der Waals surface area contributed by atoms with Crippen LogP contribution in [0.4, 0.5) is 0 Å². The van der Waals surface area contributed by atoms with Crippen LogP contribution in [0, 0.1) is 0 Å². The number of carboxylic acids is 1. The summed E-state index contributed by atoms with van der Waals surface area (Å²) in [5.74, 6) is -1.25. The second-order valence-electron chi connectivity index (χ2n) is 2.79. The molecule has 7 nitrogen and oxygen atoms in total. The van der Waals surface area contributed by atoms with Gasteiger partial charge in [-0.25, -0.2) is 24.8 Å². The van der Waals surface area contributed by atoms with Gasteiger partial charge in [0.05, 0.1) is 0 Å². The second-order valence-corrected chi connectivity index (χ2v) is 2.79. The van der Waals surface area contributed by atoms with Gasteiger partial charge in [0.25, 0.3) is 0 Å². The summed E-state index contributed by atoms with van der Waals surface area (Å²) < 4.78 is 0. The van der Waals surface area contributed by atoms with Gasteiger partial charge in [-0.2, -0.15) is 0 Å². The van der Waals surface area contributed by atoms with Crippen molar-refractivity contribution >= 4 is 30.7 Å². The highest BCUT2D eigenvalue weighted by molar-refractivity contribution is 6.20. The molecule has 0 aromatic rings. The lowest BCUT2D eigenvalue weighted by atomic mass is 9.93. The molecule has 2 atom stereocenters. The molecule has 0 fully saturated rings. The molecule has 0 bridgehead atoms. The Kier molecular flexibility index (Phi) is 1.74. The van der Waals surface area contributed by atoms with Crippen LogP contribution in [0.15, 0.2) is 20.0 Å². The minimum absolute atomic E-state index is 0.141. The Labute approximate surface area is 78.2 Å². The number of fused-ring (bicyclic) bond motifs is 1. The van der Waals surface area contributed by atoms with Gasteiger partial charge >= 0.3 is 5.97 Å². The Morgan fingerprint density at radius 1 is 1.50 bits per heavy atom. The molecule has 0 saturated carbocycles. The SMILES string of the molecule is O=C(O)C(O)C12C=NC=NC1=NC=N2. The lowest BCUT2D eigenvalue weighted by Gasteiger charge is -2.25. The number of hydrogen-bond donors (Lipinski definition) is 2. The number of aliphatic hydroxyl groups is 1. The summed E-state index contributed by atoms with van der Waals surface area (Å²) in [7, 11) is 0. The lowest BCUT2D eigenvalue weighted by Crippen LogP contribution is -2.52. The first-order chi connectivity index (χ1) is 6.67. The Balaban J connectivity index is 2.44. The molecule has 2 aliphatic rings. The van der Waals surface area contributed by atoms with E-state index >= 15 is 0 Å². The van der Waals surface area contributed by atoms with Crippen molar-refractivity contribution in [3.05, 3.63) is 0 Å². The fraction of sp³-hybridized carbons (Fsp3) is 0.286. The predicted octanol–water partition coefficient (Wildman–Crippen LogP) is -1.28. The highest BCUT2D eigenvalue weighted by Crippen LogP contribution is 2.23. The molecule has 0 radical (unpaired) electrons. The fourth-order valence-electron chi connectivity index (χ4n) is 1.25. The molecule has 2 rings (SSSR count). The Morgan fingerprint density at radius 3 is 3.00 bits per heavy atom. The summed E-state index contributed by atoms with van der Waals surface area (Å²) in [6, 6.07) is 0. The predicted molar refractivity (Wildman–Crippen MR) is 49.3 cm³/mol. The van der Waals surface area contributed by atoms with Crippen molar-refractivity contribution in [1.29, 1.82) is 0 Å². The zero-order valence-electron chi connectivity index (χ0n) is 6.90. The van der Waals surface area contributed by atoms with E-state index in [9.17, 15) is 9.90 Å². The molecule has 0 aromatic carbocycles. The second kappa shape index (κ2) is 2.81. The zero-order valence-corrected chi connectivity index (χ0v) is 6.90. The molecule has 2 unspecified atom stereocenters. The number of hydrogen-bond acceptors (Lipinski definition) is 6. The quantitative estimate of drug-likeness (QED) is 0.571. The Bertz CT molecular complexity index is 398. The monoisotopic (exact) mass is 194 g/mol. The van der Waals surface area contributed by atoms with E-state index in [2.05, 4.69) is 20.0 Å². The van der Waals surface area contributed by atoms with Crippen molar-refractivity contribution in [3.63, 3.8) is 0 Å². The molecule has 0 amide bonds. The summed E-state index contributed by atoms with van der Waals surface area (Å²) in [5.41, 5.74) is -1.44. The summed E-state index contributed by atoms with van der Waals surface area (Å²) in [4.78, 5) is 25.6. The standard InChI is InChI=1S/C7H6N4O3/c12-4(5(13)14)7-1-8-2-9-6(7)10-3-11-7/h1-4,12H,(H,13,14). The third-order valence-electron chi connectivity index (χ3n) is 1.98. The van der Waals surface area contributed by atoms with Gasteiger partial charge in [0.2, 0.25) is 0 Å². The van der Waals surface area contributed by atoms with Gasteiger partial charge in [-0.3, -0.25) is 0 Å². The van der Waals surface area contributed by atoms with E-state index in [0.29, 0.717) is 0 Å². The maximum absolute atomic E-state index is 10.6. The first kappa shape index (κ1) is 8.70. The first-order valence-electron chi connectivity index (χ1n) is 3.76. The lowest BCUT2D eigenvalue weighted by molar-refractivity contribution is -0.147. The smallest absolute Gasteiger partial charge is 0.336 e. The molecule has 2 aliphatic heterocycles. The molecule has 0 aromatic heterocycles. The number of carboxylic acid groups (broad SMARTS) is 1. The van der Waals surface area contributed by atoms with Crippen LogP contribution in [-0.2, 0) is 4.79 Å². The number of nitrogens with zero attached hydrogens (tertiary/aromatic N) is 4. The van der Waals surface area contributed by atoms with Gasteiger partial charge in [0, 0.05) is 6.21 Å². The molecule has 7 heteroatoms.